The van der Waals surface area contributed by atoms with Crippen molar-refractivity contribution in [2.45, 2.75) is 18.4 Å². The number of hydrogen-bond acceptors (Lipinski definition) is 8. The zero-order valence-electron chi connectivity index (χ0n) is 17.0. The number of phenolic OH excluding ortho intramolecular Hbond substituents is 4. The Labute approximate surface area is 178 Å². The van der Waals surface area contributed by atoms with Gasteiger partial charge in [0.15, 0.2) is 11.5 Å². The van der Waals surface area contributed by atoms with Gasteiger partial charge in [0.2, 0.25) is 0 Å². The van der Waals surface area contributed by atoms with E-state index in [0.717, 1.165) is 0 Å². The SMILES string of the molecule is COc1cc(N)c(C2C[C@@H](c3ccc(O)c(O)c3)Oc3cc(O)cc(O)c32)c(OC)c1. The minimum Gasteiger partial charge on any atom is -0.508 e. The Kier molecular flexibility index (Phi) is 5.06. The summed E-state index contributed by atoms with van der Waals surface area (Å²) < 4.78 is 16.9. The second-order valence-corrected chi connectivity index (χ2v) is 7.35. The average molecular weight is 425 g/mol. The van der Waals surface area contributed by atoms with Crippen LogP contribution >= 0.6 is 0 Å². The number of nitrogens with two attached hydrogens (primary N) is 1. The third-order valence-electron chi connectivity index (χ3n) is 5.50. The van der Waals surface area contributed by atoms with Crippen molar-refractivity contribution in [3.63, 3.8) is 0 Å². The Balaban J connectivity index is 1.90. The first kappa shape index (κ1) is 20.3. The molecule has 0 aromatic heterocycles. The van der Waals surface area contributed by atoms with E-state index in [9.17, 15) is 20.4 Å². The van der Waals surface area contributed by atoms with Gasteiger partial charge in [-0.25, -0.2) is 0 Å². The van der Waals surface area contributed by atoms with Gasteiger partial charge in [0.1, 0.15) is 34.9 Å². The molecule has 0 saturated heterocycles. The first-order chi connectivity index (χ1) is 14.8. The Hall–Kier alpha value is -3.94. The van der Waals surface area contributed by atoms with Crippen LogP contribution in [0.5, 0.6) is 40.2 Å². The molecule has 0 fully saturated rings. The Morgan fingerprint density at radius 2 is 1.65 bits per heavy atom. The van der Waals surface area contributed by atoms with Crippen molar-refractivity contribution < 1.29 is 34.6 Å². The molecule has 3 aromatic rings. The van der Waals surface area contributed by atoms with Gasteiger partial charge in [0.25, 0.3) is 0 Å². The molecule has 1 unspecified atom stereocenters. The summed E-state index contributed by atoms with van der Waals surface area (Å²) in [7, 11) is 3.05. The number of aromatic hydroxyl groups is 4. The van der Waals surface area contributed by atoms with E-state index in [2.05, 4.69) is 0 Å². The van der Waals surface area contributed by atoms with Crippen molar-refractivity contribution in [1.29, 1.82) is 0 Å². The third kappa shape index (κ3) is 3.56. The highest BCUT2D eigenvalue weighted by Gasteiger charge is 2.36. The quantitative estimate of drug-likeness (QED) is 0.315. The zero-order valence-corrected chi connectivity index (χ0v) is 17.0. The van der Waals surface area contributed by atoms with Crippen molar-refractivity contribution in [3.05, 3.63) is 59.2 Å². The van der Waals surface area contributed by atoms with E-state index < -0.39 is 12.0 Å². The fraction of sp³-hybridized carbons (Fsp3) is 0.217. The molecule has 6 N–H and O–H groups in total. The molecule has 31 heavy (non-hydrogen) atoms. The number of ether oxygens (including phenoxy) is 3. The molecule has 0 bridgehead atoms. The Morgan fingerprint density at radius 1 is 0.871 bits per heavy atom. The van der Waals surface area contributed by atoms with E-state index in [0.29, 0.717) is 40.3 Å². The largest absolute Gasteiger partial charge is 0.508 e. The Morgan fingerprint density at radius 3 is 2.32 bits per heavy atom. The molecule has 8 heteroatoms. The fourth-order valence-corrected chi connectivity index (χ4v) is 4.07. The Bertz CT molecular complexity index is 1150. The topological polar surface area (TPSA) is 135 Å². The highest BCUT2D eigenvalue weighted by Crippen LogP contribution is 2.53. The molecule has 4 rings (SSSR count). The van der Waals surface area contributed by atoms with E-state index in [4.69, 9.17) is 19.9 Å². The molecule has 0 saturated carbocycles. The van der Waals surface area contributed by atoms with Crippen molar-refractivity contribution in [2.75, 3.05) is 20.0 Å². The molecule has 0 aliphatic carbocycles. The van der Waals surface area contributed by atoms with Crippen molar-refractivity contribution in [1.82, 2.24) is 0 Å². The first-order valence-corrected chi connectivity index (χ1v) is 9.58. The van der Waals surface area contributed by atoms with Crippen LogP contribution in [0.3, 0.4) is 0 Å². The second-order valence-electron chi connectivity index (χ2n) is 7.35. The number of methoxy groups -OCH3 is 2. The lowest BCUT2D eigenvalue weighted by Gasteiger charge is -2.34. The molecular formula is C23H23NO7. The molecule has 0 radical (unpaired) electrons. The highest BCUT2D eigenvalue weighted by molar-refractivity contribution is 5.66. The third-order valence-corrected chi connectivity index (χ3v) is 5.50. The van der Waals surface area contributed by atoms with E-state index in [1.54, 1.807) is 18.2 Å². The maximum atomic E-state index is 10.6. The summed E-state index contributed by atoms with van der Waals surface area (Å²) in [5.41, 5.74) is 8.49. The van der Waals surface area contributed by atoms with E-state index in [1.807, 2.05) is 0 Å². The van der Waals surface area contributed by atoms with Gasteiger partial charge in [0.05, 0.1) is 14.2 Å². The highest BCUT2D eigenvalue weighted by atomic mass is 16.5. The standard InChI is InChI=1S/C23H23NO7/c1-29-13-8-15(24)22(20(9-13)30-2)14-10-19(11-3-4-16(26)17(27)5-11)31-21-7-12(25)6-18(28)23(14)21/h3-9,14,19,25-28H,10,24H2,1-2H3/t14?,19-/m0/s1. The van der Waals surface area contributed by atoms with Gasteiger partial charge in [-0.1, -0.05) is 6.07 Å². The molecule has 0 spiro atoms. The van der Waals surface area contributed by atoms with E-state index in [-0.39, 0.29) is 28.7 Å². The second kappa shape index (κ2) is 7.71. The van der Waals surface area contributed by atoms with Crippen LogP contribution in [-0.4, -0.2) is 34.6 Å². The normalized spacial score (nSPS) is 17.5. The van der Waals surface area contributed by atoms with Crippen molar-refractivity contribution in [2.24, 2.45) is 0 Å². The minimum atomic E-state index is -0.559. The summed E-state index contributed by atoms with van der Waals surface area (Å²) in [6.07, 6.45) is -0.209. The molecular weight excluding hydrogens is 402 g/mol. The molecule has 0 amide bonds. The summed E-state index contributed by atoms with van der Waals surface area (Å²) in [6, 6.07) is 10.5. The van der Waals surface area contributed by atoms with Crippen LogP contribution in [0.2, 0.25) is 0 Å². The number of fused-ring (bicyclic) bond motifs is 1. The lowest BCUT2D eigenvalue weighted by Crippen LogP contribution is -2.21. The lowest BCUT2D eigenvalue weighted by atomic mass is 9.80. The van der Waals surface area contributed by atoms with E-state index >= 15 is 0 Å². The summed E-state index contributed by atoms with van der Waals surface area (Å²) >= 11 is 0. The van der Waals surface area contributed by atoms with Crippen molar-refractivity contribution in [3.8, 4) is 40.2 Å². The van der Waals surface area contributed by atoms with Gasteiger partial charge in [0, 0.05) is 47.0 Å². The van der Waals surface area contributed by atoms with Gasteiger partial charge in [-0.3, -0.25) is 0 Å². The fourth-order valence-electron chi connectivity index (χ4n) is 4.07. The van der Waals surface area contributed by atoms with Crippen LogP contribution in [0.25, 0.3) is 0 Å². The molecule has 8 nitrogen and oxygen atoms in total. The summed E-state index contributed by atoms with van der Waals surface area (Å²) in [5, 5.41) is 40.2. The molecule has 1 heterocycles. The maximum absolute atomic E-state index is 10.6. The monoisotopic (exact) mass is 425 g/mol. The lowest BCUT2D eigenvalue weighted by molar-refractivity contribution is 0.163. The number of rotatable bonds is 4. The first-order valence-electron chi connectivity index (χ1n) is 9.58. The molecule has 3 aromatic carbocycles. The van der Waals surface area contributed by atoms with Gasteiger partial charge in [-0.05, 0) is 24.1 Å². The smallest absolute Gasteiger partial charge is 0.157 e. The summed E-state index contributed by atoms with van der Waals surface area (Å²) in [5.74, 6) is 0.0318. The number of anilines is 1. The van der Waals surface area contributed by atoms with Crippen LogP contribution in [0.15, 0.2) is 42.5 Å². The molecule has 1 aliphatic rings. The predicted octanol–water partition coefficient (Wildman–Crippen LogP) is 3.76. The van der Waals surface area contributed by atoms with Gasteiger partial charge >= 0.3 is 0 Å². The zero-order chi connectivity index (χ0) is 22.3. The number of phenols is 4. The van der Waals surface area contributed by atoms with Crippen LogP contribution < -0.4 is 19.9 Å². The summed E-state index contributed by atoms with van der Waals surface area (Å²) in [6.45, 7) is 0. The maximum Gasteiger partial charge on any atom is 0.157 e. The number of nitrogen functional groups attached to an aromatic ring is 1. The van der Waals surface area contributed by atoms with E-state index in [1.165, 1.54) is 38.5 Å². The van der Waals surface area contributed by atoms with Crippen LogP contribution in [0.1, 0.15) is 35.1 Å². The predicted molar refractivity (Wildman–Crippen MR) is 113 cm³/mol. The van der Waals surface area contributed by atoms with Gasteiger partial charge < -0.3 is 40.4 Å². The van der Waals surface area contributed by atoms with Gasteiger partial charge in [-0.15, -0.1) is 0 Å². The van der Waals surface area contributed by atoms with Gasteiger partial charge in [-0.2, -0.15) is 0 Å². The number of benzene rings is 3. The minimum absolute atomic E-state index is 0.135. The van der Waals surface area contributed by atoms with Crippen molar-refractivity contribution >= 4 is 5.69 Å². The average Bonchev–Trinajstić information content (AvgIpc) is 2.73. The number of hydrogen-bond donors (Lipinski definition) is 5. The molecule has 162 valence electrons. The summed E-state index contributed by atoms with van der Waals surface area (Å²) in [4.78, 5) is 0. The van der Waals surface area contributed by atoms with Crippen LogP contribution in [0, 0.1) is 0 Å². The molecule has 1 aliphatic heterocycles. The van der Waals surface area contributed by atoms with Crippen LogP contribution in [0.4, 0.5) is 5.69 Å². The van der Waals surface area contributed by atoms with Crippen LogP contribution in [-0.2, 0) is 0 Å². The molecule has 2 atom stereocenters.